The maximum absolute atomic E-state index is 13.6. The highest BCUT2D eigenvalue weighted by Gasteiger charge is 2.51. The fourth-order valence-corrected chi connectivity index (χ4v) is 7.20. The van der Waals surface area contributed by atoms with Crippen LogP contribution >= 0.6 is 10.0 Å². The van der Waals surface area contributed by atoms with E-state index in [0.29, 0.717) is 11.3 Å². The van der Waals surface area contributed by atoms with Crippen LogP contribution in [-0.4, -0.2) is 70.0 Å². The Bertz CT molecular complexity index is 1050. The quantitative estimate of drug-likeness (QED) is 0.280. The van der Waals surface area contributed by atoms with Gasteiger partial charge >= 0.3 is 6.03 Å². The number of benzene rings is 1. The molecule has 1 heterocycles. The van der Waals surface area contributed by atoms with Gasteiger partial charge in [0.2, 0.25) is 5.91 Å². The van der Waals surface area contributed by atoms with Crippen molar-refractivity contribution >= 4 is 27.8 Å². The minimum Gasteiger partial charge on any atom is -0.400 e. The molecule has 1 aliphatic carbocycles. The lowest BCUT2D eigenvalue weighted by atomic mass is 9.81. The van der Waals surface area contributed by atoms with E-state index in [9.17, 15) is 14.7 Å². The number of carbonyl (C=O) groups is 2. The highest BCUT2D eigenvalue weighted by atomic mass is 32.3. The molecule has 1 aromatic rings. The van der Waals surface area contributed by atoms with E-state index in [1.807, 2.05) is 58.0 Å². The third-order valence-electron chi connectivity index (χ3n) is 8.10. The van der Waals surface area contributed by atoms with E-state index >= 15 is 0 Å². The minimum absolute atomic E-state index is 0.0360. The van der Waals surface area contributed by atoms with Crippen molar-refractivity contribution in [1.82, 2.24) is 15.5 Å². The molecule has 9 heteroatoms. The van der Waals surface area contributed by atoms with E-state index in [4.69, 9.17) is 11.1 Å². The summed E-state index contributed by atoms with van der Waals surface area (Å²) in [6.07, 6.45) is 9.12. The Labute approximate surface area is 216 Å². The lowest BCUT2D eigenvalue weighted by Crippen LogP contribution is -2.55. The van der Waals surface area contributed by atoms with Crippen LogP contribution in [0.3, 0.4) is 0 Å². The minimum atomic E-state index is -1.16. The number of urea groups is 1. The van der Waals surface area contributed by atoms with Crippen molar-refractivity contribution in [3.63, 3.8) is 0 Å². The number of aliphatic hydroxyl groups excluding tert-OH is 1. The van der Waals surface area contributed by atoms with Gasteiger partial charge in [0.05, 0.1) is 29.5 Å². The van der Waals surface area contributed by atoms with Gasteiger partial charge in [-0.1, -0.05) is 44.2 Å². The lowest BCUT2D eigenvalue weighted by Gasteiger charge is -2.53. The SMILES string of the molecule is CC(C)(CO)C(NC(=O)N1CC(C(=N)NC(=O)C2(S(C)(C)C)CCC2)=C(N)C1(C)C)c1ccccc1. The summed E-state index contributed by atoms with van der Waals surface area (Å²) in [6, 6.07) is 8.77. The van der Waals surface area contributed by atoms with E-state index in [-0.39, 0.29) is 30.9 Å². The van der Waals surface area contributed by atoms with Crippen molar-refractivity contribution in [3.05, 3.63) is 47.2 Å². The Morgan fingerprint density at radius 3 is 2.25 bits per heavy atom. The molecule has 0 saturated heterocycles. The zero-order valence-electron chi connectivity index (χ0n) is 22.7. The zero-order chi connectivity index (χ0) is 27.1. The first-order valence-electron chi connectivity index (χ1n) is 12.4. The van der Waals surface area contributed by atoms with Crippen LogP contribution in [0.25, 0.3) is 0 Å². The summed E-state index contributed by atoms with van der Waals surface area (Å²) >= 11 is 0. The molecule has 200 valence electrons. The van der Waals surface area contributed by atoms with Crippen LogP contribution in [0.2, 0.25) is 0 Å². The van der Waals surface area contributed by atoms with Gasteiger partial charge in [0.25, 0.3) is 0 Å². The molecule has 1 aliphatic heterocycles. The third-order valence-corrected chi connectivity index (χ3v) is 11.0. The first-order valence-corrected chi connectivity index (χ1v) is 15.3. The molecule has 0 radical (unpaired) electrons. The van der Waals surface area contributed by atoms with Crippen molar-refractivity contribution in [2.24, 2.45) is 11.1 Å². The zero-order valence-corrected chi connectivity index (χ0v) is 23.5. The highest BCUT2D eigenvalue weighted by Crippen LogP contribution is 2.60. The molecule has 0 spiro atoms. The Hall–Kier alpha value is -2.52. The summed E-state index contributed by atoms with van der Waals surface area (Å²) in [7, 11) is -1.16. The normalized spacial score (nSPS) is 20.4. The number of rotatable bonds is 7. The molecule has 1 saturated carbocycles. The Morgan fingerprint density at radius 2 is 1.78 bits per heavy atom. The molecule has 1 atom stereocenters. The standard InChI is InChI=1S/C27H43N5O3S/c1-25(2,17-33)21(18-12-9-8-10-13-18)30-24(35)32-16-19(20(28)26(32,3)4)22(29)31-23(34)27(14-11-15-27)36(5,6)7/h8-10,12-13,21,33H,11,14-17,28H2,1-7H3,(H,30,35)(H2,29,31,34). The fraction of sp³-hybridized carbons (Fsp3) is 0.593. The lowest BCUT2D eigenvalue weighted by molar-refractivity contribution is -0.124. The van der Waals surface area contributed by atoms with Crippen LogP contribution in [-0.2, 0) is 4.79 Å². The van der Waals surface area contributed by atoms with Gasteiger partial charge in [0.15, 0.2) is 0 Å². The molecular formula is C27H43N5O3S. The van der Waals surface area contributed by atoms with E-state index in [1.54, 1.807) is 4.90 Å². The topological polar surface area (TPSA) is 132 Å². The summed E-state index contributed by atoms with van der Waals surface area (Å²) in [6.45, 7) is 7.47. The largest absolute Gasteiger partial charge is 0.400 e. The van der Waals surface area contributed by atoms with Crippen molar-refractivity contribution in [2.45, 2.75) is 63.3 Å². The van der Waals surface area contributed by atoms with Gasteiger partial charge in [-0.2, -0.15) is 0 Å². The van der Waals surface area contributed by atoms with Gasteiger partial charge in [-0.25, -0.2) is 14.8 Å². The number of nitrogens with zero attached hydrogens (tertiary/aromatic N) is 1. The summed E-state index contributed by atoms with van der Waals surface area (Å²) in [4.78, 5) is 28.5. The molecule has 2 aliphatic rings. The number of nitrogens with one attached hydrogen (secondary N) is 3. The molecule has 0 bridgehead atoms. The fourth-order valence-electron chi connectivity index (χ4n) is 5.08. The van der Waals surface area contributed by atoms with Gasteiger partial charge in [0, 0.05) is 16.7 Å². The van der Waals surface area contributed by atoms with Crippen LogP contribution in [0.5, 0.6) is 0 Å². The average molecular weight is 518 g/mol. The van der Waals surface area contributed by atoms with Crippen LogP contribution in [0.15, 0.2) is 41.6 Å². The van der Waals surface area contributed by atoms with Crippen LogP contribution in [0.1, 0.15) is 58.6 Å². The molecule has 36 heavy (non-hydrogen) atoms. The number of amides is 3. The van der Waals surface area contributed by atoms with E-state index in [2.05, 4.69) is 29.4 Å². The molecule has 3 rings (SSSR count). The number of hydrogen-bond acceptors (Lipinski definition) is 5. The molecule has 1 aromatic carbocycles. The van der Waals surface area contributed by atoms with Crippen LogP contribution in [0.4, 0.5) is 4.79 Å². The predicted molar refractivity (Wildman–Crippen MR) is 148 cm³/mol. The molecule has 0 aromatic heterocycles. The Morgan fingerprint density at radius 1 is 1.19 bits per heavy atom. The summed E-state index contributed by atoms with van der Waals surface area (Å²) in [5.74, 6) is -0.151. The molecule has 3 amide bonds. The van der Waals surface area contributed by atoms with Gasteiger partial charge in [0.1, 0.15) is 5.84 Å². The van der Waals surface area contributed by atoms with Crippen LogP contribution < -0.4 is 16.4 Å². The number of carbonyl (C=O) groups excluding carboxylic acids is 2. The Kier molecular flexibility index (Phi) is 7.59. The average Bonchev–Trinajstić information content (AvgIpc) is 2.99. The second-order valence-corrected chi connectivity index (χ2v) is 16.4. The molecule has 6 N–H and O–H groups in total. The van der Waals surface area contributed by atoms with Crippen molar-refractivity contribution in [3.8, 4) is 0 Å². The predicted octanol–water partition coefficient (Wildman–Crippen LogP) is 3.47. The van der Waals surface area contributed by atoms with E-state index in [1.165, 1.54) is 0 Å². The van der Waals surface area contributed by atoms with Gasteiger partial charge in [-0.05, 0) is 57.4 Å². The molecule has 1 fully saturated rings. The number of aliphatic hydroxyl groups is 1. The summed E-state index contributed by atoms with van der Waals surface area (Å²) < 4.78 is -0.418. The first kappa shape index (κ1) is 28.1. The van der Waals surface area contributed by atoms with E-state index < -0.39 is 31.8 Å². The number of amidine groups is 1. The van der Waals surface area contributed by atoms with Gasteiger partial charge in [-0.3, -0.25) is 10.2 Å². The summed E-state index contributed by atoms with van der Waals surface area (Å²) in [5, 5.41) is 24.7. The van der Waals surface area contributed by atoms with Gasteiger partial charge < -0.3 is 26.4 Å². The number of hydrogen-bond donors (Lipinski definition) is 5. The second kappa shape index (κ2) is 9.74. The summed E-state index contributed by atoms with van der Waals surface area (Å²) in [5.41, 5.74) is 6.76. The molecule has 1 unspecified atom stereocenters. The van der Waals surface area contributed by atoms with Crippen molar-refractivity contribution in [2.75, 3.05) is 31.9 Å². The van der Waals surface area contributed by atoms with Crippen LogP contribution in [0, 0.1) is 10.8 Å². The van der Waals surface area contributed by atoms with Crippen molar-refractivity contribution in [1.29, 1.82) is 5.41 Å². The van der Waals surface area contributed by atoms with Gasteiger partial charge in [-0.15, -0.1) is 0 Å². The van der Waals surface area contributed by atoms with E-state index in [0.717, 1.165) is 24.8 Å². The Balaban J connectivity index is 1.80. The monoisotopic (exact) mass is 517 g/mol. The maximum atomic E-state index is 13.6. The van der Waals surface area contributed by atoms with Crippen molar-refractivity contribution < 1.29 is 14.7 Å². The third kappa shape index (κ3) is 4.87. The molecule has 8 nitrogen and oxygen atoms in total. The second-order valence-electron chi connectivity index (χ2n) is 12.0. The first-order chi connectivity index (χ1) is 16.6. The number of nitrogens with two attached hydrogens (primary N) is 1. The highest BCUT2D eigenvalue weighted by molar-refractivity contribution is 8.33. The maximum Gasteiger partial charge on any atom is 0.318 e. The molecular weight excluding hydrogens is 474 g/mol. The smallest absolute Gasteiger partial charge is 0.318 e.